The van der Waals surface area contributed by atoms with Gasteiger partial charge in [-0.15, -0.1) is 0 Å². The summed E-state index contributed by atoms with van der Waals surface area (Å²) < 4.78 is 6.08. The molecule has 0 saturated heterocycles. The maximum Gasteiger partial charge on any atom is 0.319 e. The van der Waals surface area contributed by atoms with E-state index < -0.39 is 0 Å². The van der Waals surface area contributed by atoms with Gasteiger partial charge in [-0.25, -0.2) is 4.79 Å². The normalized spacial score (nSPS) is 9.90. The van der Waals surface area contributed by atoms with Crippen molar-refractivity contribution in [2.75, 3.05) is 12.4 Å². The molecule has 0 bridgehead atoms. The number of halogens is 1. The maximum atomic E-state index is 11.9. The zero-order valence-corrected chi connectivity index (χ0v) is 12.6. The lowest BCUT2D eigenvalue weighted by atomic mass is 10.2. The fourth-order valence-corrected chi connectivity index (χ4v) is 2.14. The summed E-state index contributed by atoms with van der Waals surface area (Å²) in [5.74, 6) is 0.758. The van der Waals surface area contributed by atoms with Gasteiger partial charge in [0.1, 0.15) is 5.75 Å². The molecule has 0 heterocycles. The number of rotatable bonds is 4. The topological polar surface area (TPSA) is 50.4 Å². The highest BCUT2D eigenvalue weighted by atomic mass is 79.9. The number of hydrogen-bond donors (Lipinski definition) is 2. The minimum Gasteiger partial charge on any atom is -0.496 e. The van der Waals surface area contributed by atoms with Gasteiger partial charge in [0.2, 0.25) is 0 Å². The van der Waals surface area contributed by atoms with Crippen molar-refractivity contribution in [1.82, 2.24) is 5.32 Å². The van der Waals surface area contributed by atoms with Crippen LogP contribution < -0.4 is 15.4 Å². The van der Waals surface area contributed by atoms with E-state index in [4.69, 9.17) is 4.74 Å². The Morgan fingerprint density at radius 1 is 1.15 bits per heavy atom. The third kappa shape index (κ3) is 3.74. The Morgan fingerprint density at radius 3 is 2.60 bits per heavy atom. The minimum atomic E-state index is -0.261. The molecule has 2 N–H and O–H groups in total. The van der Waals surface area contributed by atoms with Crippen LogP contribution in [-0.2, 0) is 6.54 Å². The van der Waals surface area contributed by atoms with E-state index in [0.29, 0.717) is 6.54 Å². The minimum absolute atomic E-state index is 0.261. The molecular weight excluding hydrogens is 320 g/mol. The molecule has 0 fully saturated rings. The van der Waals surface area contributed by atoms with Gasteiger partial charge in [0.25, 0.3) is 0 Å². The zero-order valence-electron chi connectivity index (χ0n) is 11.0. The van der Waals surface area contributed by atoms with Gasteiger partial charge in [-0.05, 0) is 34.1 Å². The molecule has 4 nitrogen and oxygen atoms in total. The Bertz CT molecular complexity index is 602. The number of hydrogen-bond acceptors (Lipinski definition) is 2. The molecule has 0 atom stereocenters. The summed E-state index contributed by atoms with van der Waals surface area (Å²) in [5, 5.41) is 5.58. The highest BCUT2D eigenvalue weighted by Crippen LogP contribution is 2.21. The number of methoxy groups -OCH3 is 1. The van der Waals surface area contributed by atoms with Gasteiger partial charge in [0.15, 0.2) is 0 Å². The molecule has 2 amide bonds. The number of carbonyl (C=O) groups excluding carboxylic acids is 1. The first kappa shape index (κ1) is 14.4. The summed E-state index contributed by atoms with van der Waals surface area (Å²) in [4.78, 5) is 11.9. The summed E-state index contributed by atoms with van der Waals surface area (Å²) >= 11 is 3.38. The third-order valence-electron chi connectivity index (χ3n) is 2.75. The molecule has 0 radical (unpaired) electrons. The van der Waals surface area contributed by atoms with Crippen molar-refractivity contribution < 1.29 is 9.53 Å². The summed E-state index contributed by atoms with van der Waals surface area (Å²) in [6.07, 6.45) is 0. The summed E-state index contributed by atoms with van der Waals surface area (Å²) in [6, 6.07) is 14.8. The van der Waals surface area contributed by atoms with E-state index in [1.165, 1.54) is 0 Å². The zero-order chi connectivity index (χ0) is 14.4. The molecule has 0 aliphatic heterocycles. The SMILES string of the molecule is COc1ccccc1CNC(=O)Nc1ccccc1Br. The Kier molecular flexibility index (Phi) is 5.01. The monoisotopic (exact) mass is 334 g/mol. The second-order valence-corrected chi connectivity index (χ2v) is 4.95. The Hall–Kier alpha value is -2.01. The van der Waals surface area contributed by atoms with E-state index in [9.17, 15) is 4.79 Å². The number of carbonyl (C=O) groups is 1. The molecule has 0 aliphatic carbocycles. The van der Waals surface area contributed by atoms with E-state index in [2.05, 4.69) is 26.6 Å². The second-order valence-electron chi connectivity index (χ2n) is 4.10. The van der Waals surface area contributed by atoms with Gasteiger partial charge < -0.3 is 15.4 Å². The molecule has 0 spiro atoms. The van der Waals surface area contributed by atoms with Crippen molar-refractivity contribution in [3.8, 4) is 5.75 Å². The van der Waals surface area contributed by atoms with Crippen LogP contribution in [0.15, 0.2) is 53.0 Å². The fourth-order valence-electron chi connectivity index (χ4n) is 1.75. The van der Waals surface area contributed by atoms with E-state index in [0.717, 1.165) is 21.5 Å². The first-order chi connectivity index (χ1) is 9.70. The largest absolute Gasteiger partial charge is 0.496 e. The van der Waals surface area contributed by atoms with Crippen LogP contribution in [0.25, 0.3) is 0 Å². The van der Waals surface area contributed by atoms with Crippen LogP contribution in [0.5, 0.6) is 5.75 Å². The van der Waals surface area contributed by atoms with Crippen LogP contribution >= 0.6 is 15.9 Å². The Labute approximate surface area is 126 Å². The number of urea groups is 1. The van der Waals surface area contributed by atoms with Gasteiger partial charge in [0, 0.05) is 16.6 Å². The molecule has 2 rings (SSSR count). The number of anilines is 1. The van der Waals surface area contributed by atoms with E-state index in [1.807, 2.05) is 48.5 Å². The van der Waals surface area contributed by atoms with Gasteiger partial charge in [0.05, 0.1) is 12.8 Å². The molecule has 0 saturated carbocycles. The Morgan fingerprint density at radius 2 is 1.85 bits per heavy atom. The van der Waals surface area contributed by atoms with Gasteiger partial charge in [-0.3, -0.25) is 0 Å². The van der Waals surface area contributed by atoms with E-state index >= 15 is 0 Å². The number of para-hydroxylation sites is 2. The molecule has 5 heteroatoms. The summed E-state index contributed by atoms with van der Waals surface area (Å²) in [7, 11) is 1.61. The van der Waals surface area contributed by atoms with Crippen LogP contribution in [0.2, 0.25) is 0 Å². The average molecular weight is 335 g/mol. The smallest absolute Gasteiger partial charge is 0.319 e. The predicted octanol–water partition coefficient (Wildman–Crippen LogP) is 3.78. The Balaban J connectivity index is 1.94. The summed E-state index contributed by atoms with van der Waals surface area (Å²) in [6.45, 7) is 0.403. The first-order valence-corrected chi connectivity index (χ1v) is 6.91. The van der Waals surface area contributed by atoms with Crippen LogP contribution in [0.4, 0.5) is 10.5 Å². The second kappa shape index (κ2) is 6.96. The quantitative estimate of drug-likeness (QED) is 0.893. The lowest BCUT2D eigenvalue weighted by Gasteiger charge is -2.11. The molecule has 20 heavy (non-hydrogen) atoms. The molecule has 0 unspecified atom stereocenters. The number of amides is 2. The number of ether oxygens (including phenoxy) is 1. The van der Waals surface area contributed by atoms with Crippen LogP contribution in [-0.4, -0.2) is 13.1 Å². The molecular formula is C15H15BrN2O2. The molecule has 104 valence electrons. The standard InChI is InChI=1S/C15H15BrN2O2/c1-20-14-9-5-2-6-11(14)10-17-15(19)18-13-8-4-3-7-12(13)16/h2-9H,10H2,1H3,(H2,17,18,19). The van der Waals surface area contributed by atoms with Crippen LogP contribution in [0.3, 0.4) is 0 Å². The molecule has 0 aromatic heterocycles. The van der Waals surface area contributed by atoms with E-state index in [-0.39, 0.29) is 6.03 Å². The van der Waals surface area contributed by atoms with E-state index in [1.54, 1.807) is 7.11 Å². The number of benzene rings is 2. The molecule has 2 aromatic carbocycles. The van der Waals surface area contributed by atoms with Crippen molar-refractivity contribution in [3.05, 3.63) is 58.6 Å². The third-order valence-corrected chi connectivity index (χ3v) is 3.45. The first-order valence-electron chi connectivity index (χ1n) is 6.12. The average Bonchev–Trinajstić information content (AvgIpc) is 2.48. The number of nitrogens with one attached hydrogen (secondary N) is 2. The lowest BCUT2D eigenvalue weighted by molar-refractivity contribution is 0.251. The van der Waals surface area contributed by atoms with Crippen molar-refractivity contribution in [2.24, 2.45) is 0 Å². The van der Waals surface area contributed by atoms with Crippen LogP contribution in [0, 0.1) is 0 Å². The highest BCUT2D eigenvalue weighted by molar-refractivity contribution is 9.10. The van der Waals surface area contributed by atoms with Gasteiger partial charge in [-0.2, -0.15) is 0 Å². The molecule has 0 aliphatic rings. The van der Waals surface area contributed by atoms with Crippen molar-refractivity contribution in [3.63, 3.8) is 0 Å². The van der Waals surface area contributed by atoms with Crippen LogP contribution in [0.1, 0.15) is 5.56 Å². The highest BCUT2D eigenvalue weighted by Gasteiger charge is 2.06. The van der Waals surface area contributed by atoms with Crippen molar-refractivity contribution in [1.29, 1.82) is 0 Å². The predicted molar refractivity (Wildman–Crippen MR) is 83.0 cm³/mol. The fraction of sp³-hybridized carbons (Fsp3) is 0.133. The van der Waals surface area contributed by atoms with Gasteiger partial charge >= 0.3 is 6.03 Å². The molecule has 2 aromatic rings. The summed E-state index contributed by atoms with van der Waals surface area (Å²) in [5.41, 5.74) is 1.65. The van der Waals surface area contributed by atoms with Crippen molar-refractivity contribution in [2.45, 2.75) is 6.54 Å². The lowest BCUT2D eigenvalue weighted by Crippen LogP contribution is -2.28. The maximum absolute atomic E-state index is 11.9. The van der Waals surface area contributed by atoms with Gasteiger partial charge in [-0.1, -0.05) is 30.3 Å². The van der Waals surface area contributed by atoms with Crippen molar-refractivity contribution >= 4 is 27.6 Å².